The largest absolute Gasteiger partial charge is 0.494 e. The van der Waals surface area contributed by atoms with Crippen molar-refractivity contribution in [2.24, 2.45) is 0 Å². The Morgan fingerprint density at radius 2 is 1.88 bits per heavy atom. The fourth-order valence-corrected chi connectivity index (χ4v) is 5.49. The minimum Gasteiger partial charge on any atom is -0.494 e. The Balaban J connectivity index is 1.62. The van der Waals surface area contributed by atoms with E-state index in [1.165, 1.54) is 0 Å². The minimum atomic E-state index is -3.53. The minimum absolute atomic E-state index is 0.125. The van der Waals surface area contributed by atoms with Crippen LogP contribution in [0.4, 0.5) is 0 Å². The van der Waals surface area contributed by atoms with Crippen LogP contribution < -0.4 is 4.74 Å². The van der Waals surface area contributed by atoms with E-state index in [9.17, 15) is 8.42 Å². The molecule has 2 heterocycles. The monoisotopic (exact) mass is 373 g/mol. The molecule has 0 radical (unpaired) electrons. The third kappa shape index (κ3) is 3.13. The smallest absolute Gasteiger partial charge is 0.243 e. The van der Waals surface area contributed by atoms with Crippen LogP contribution in [0.15, 0.2) is 47.4 Å². The van der Waals surface area contributed by atoms with Crippen molar-refractivity contribution >= 4 is 10.0 Å². The number of benzene rings is 2. The van der Waals surface area contributed by atoms with Crippen LogP contribution in [-0.2, 0) is 28.0 Å². The average Bonchev–Trinajstić information content (AvgIpc) is 3.31. The molecular weight excluding hydrogens is 350 g/mol. The lowest BCUT2D eigenvalue weighted by Crippen LogP contribution is -2.30. The summed E-state index contributed by atoms with van der Waals surface area (Å²) in [5, 5.41) is 0. The van der Waals surface area contributed by atoms with Crippen LogP contribution in [0.5, 0.6) is 5.75 Å². The van der Waals surface area contributed by atoms with Gasteiger partial charge in [-0.05, 0) is 60.7 Å². The van der Waals surface area contributed by atoms with Gasteiger partial charge < -0.3 is 9.47 Å². The summed E-state index contributed by atoms with van der Waals surface area (Å²) in [6.45, 7) is 4.16. The van der Waals surface area contributed by atoms with E-state index in [1.807, 2.05) is 37.3 Å². The number of ether oxygens (including phenoxy) is 2. The van der Waals surface area contributed by atoms with Gasteiger partial charge in [-0.3, -0.25) is 0 Å². The molecular formula is C20H23NO4S. The summed E-state index contributed by atoms with van der Waals surface area (Å²) in [7, 11) is -3.53. The fourth-order valence-electron chi connectivity index (χ4n) is 3.76. The lowest BCUT2D eigenvalue weighted by Gasteiger charge is -2.25. The van der Waals surface area contributed by atoms with Gasteiger partial charge in [0.25, 0.3) is 0 Å². The molecule has 0 bridgehead atoms. The highest BCUT2D eigenvalue weighted by molar-refractivity contribution is 7.89. The highest BCUT2D eigenvalue weighted by Gasteiger charge is 2.36. The standard InChI is InChI=1S/C20H23NO4S/c1-2-25-18-8-5-15(6-9-18)20-4-3-11-21(20)26(22,23)19-10-7-16-13-24-14-17(16)12-19/h5-10,12,20H,2-4,11,13-14H2,1H3. The van der Waals surface area contributed by atoms with Crippen molar-refractivity contribution in [3.63, 3.8) is 0 Å². The second-order valence-electron chi connectivity index (χ2n) is 6.70. The Kier molecular flexibility index (Phi) is 4.73. The molecule has 0 aromatic heterocycles. The van der Waals surface area contributed by atoms with E-state index in [2.05, 4.69) is 0 Å². The average molecular weight is 373 g/mol. The van der Waals surface area contributed by atoms with Crippen molar-refractivity contribution in [2.45, 2.75) is 43.9 Å². The molecule has 5 nitrogen and oxygen atoms in total. The van der Waals surface area contributed by atoms with Gasteiger partial charge in [-0.1, -0.05) is 18.2 Å². The summed E-state index contributed by atoms with van der Waals surface area (Å²) in [4.78, 5) is 0.361. The van der Waals surface area contributed by atoms with Crippen LogP contribution in [0.3, 0.4) is 0 Å². The van der Waals surface area contributed by atoms with Crippen molar-refractivity contribution in [2.75, 3.05) is 13.2 Å². The van der Waals surface area contributed by atoms with Crippen molar-refractivity contribution < 1.29 is 17.9 Å². The Bertz CT molecular complexity index is 893. The second-order valence-corrected chi connectivity index (χ2v) is 8.59. The first-order chi connectivity index (χ1) is 12.6. The molecule has 0 spiro atoms. The summed E-state index contributed by atoms with van der Waals surface area (Å²) in [6.07, 6.45) is 1.70. The molecule has 0 aliphatic carbocycles. The highest BCUT2D eigenvalue weighted by atomic mass is 32.2. The molecule has 1 atom stereocenters. The zero-order valence-electron chi connectivity index (χ0n) is 14.8. The Labute approximate surface area is 154 Å². The number of hydrogen-bond acceptors (Lipinski definition) is 4. The zero-order valence-corrected chi connectivity index (χ0v) is 15.7. The number of sulfonamides is 1. The molecule has 2 aromatic rings. The normalized spacial score (nSPS) is 20.3. The van der Waals surface area contributed by atoms with Gasteiger partial charge in [-0.15, -0.1) is 0 Å². The molecule has 2 aliphatic rings. The van der Waals surface area contributed by atoms with Crippen molar-refractivity contribution in [1.82, 2.24) is 4.31 Å². The van der Waals surface area contributed by atoms with Crippen LogP contribution in [-0.4, -0.2) is 25.9 Å². The molecule has 6 heteroatoms. The summed E-state index contributed by atoms with van der Waals surface area (Å²) in [6, 6.07) is 13.0. The first-order valence-electron chi connectivity index (χ1n) is 9.04. The SMILES string of the molecule is CCOc1ccc(C2CCCN2S(=O)(=O)c2ccc3c(c2)COC3)cc1. The molecule has 4 rings (SSSR count). The number of nitrogens with zero attached hydrogens (tertiary/aromatic N) is 1. The molecule has 2 aliphatic heterocycles. The van der Waals surface area contributed by atoms with Gasteiger partial charge in [0.2, 0.25) is 10.0 Å². The van der Waals surface area contributed by atoms with Gasteiger partial charge in [0.15, 0.2) is 0 Å². The number of hydrogen-bond donors (Lipinski definition) is 0. The second kappa shape index (κ2) is 7.02. The quantitative estimate of drug-likeness (QED) is 0.803. The topological polar surface area (TPSA) is 55.8 Å². The van der Waals surface area contributed by atoms with E-state index >= 15 is 0 Å². The highest BCUT2D eigenvalue weighted by Crippen LogP contribution is 2.37. The van der Waals surface area contributed by atoms with Crippen LogP contribution in [0.25, 0.3) is 0 Å². The lowest BCUT2D eigenvalue weighted by atomic mass is 10.1. The third-order valence-corrected chi connectivity index (χ3v) is 6.98. The molecule has 26 heavy (non-hydrogen) atoms. The van der Waals surface area contributed by atoms with E-state index in [1.54, 1.807) is 16.4 Å². The summed E-state index contributed by atoms with van der Waals surface area (Å²) in [5.41, 5.74) is 3.07. The van der Waals surface area contributed by atoms with Gasteiger partial charge >= 0.3 is 0 Å². The number of fused-ring (bicyclic) bond motifs is 1. The third-order valence-electron chi connectivity index (χ3n) is 5.08. The van der Waals surface area contributed by atoms with Crippen LogP contribution in [0.1, 0.15) is 42.5 Å². The lowest BCUT2D eigenvalue weighted by molar-refractivity contribution is 0.134. The van der Waals surface area contributed by atoms with Crippen molar-refractivity contribution in [1.29, 1.82) is 0 Å². The van der Waals surface area contributed by atoms with Gasteiger partial charge in [0.05, 0.1) is 30.8 Å². The van der Waals surface area contributed by atoms with E-state index in [-0.39, 0.29) is 6.04 Å². The maximum Gasteiger partial charge on any atom is 0.243 e. The predicted molar refractivity (Wildman–Crippen MR) is 98.4 cm³/mol. The van der Waals surface area contributed by atoms with Crippen LogP contribution >= 0.6 is 0 Å². The van der Waals surface area contributed by atoms with Crippen LogP contribution in [0.2, 0.25) is 0 Å². The number of rotatable bonds is 5. The molecule has 1 unspecified atom stereocenters. The molecule has 0 N–H and O–H groups in total. The van der Waals surface area contributed by atoms with Gasteiger partial charge in [-0.2, -0.15) is 4.31 Å². The summed E-state index contributed by atoms with van der Waals surface area (Å²) in [5.74, 6) is 0.808. The fraction of sp³-hybridized carbons (Fsp3) is 0.400. The first-order valence-corrected chi connectivity index (χ1v) is 10.5. The molecule has 0 saturated carbocycles. The van der Waals surface area contributed by atoms with E-state index in [0.717, 1.165) is 35.3 Å². The maximum atomic E-state index is 13.2. The Morgan fingerprint density at radius 3 is 2.65 bits per heavy atom. The first kappa shape index (κ1) is 17.5. The van der Waals surface area contributed by atoms with E-state index in [0.29, 0.717) is 31.3 Å². The van der Waals surface area contributed by atoms with Crippen LogP contribution in [0, 0.1) is 0 Å². The summed E-state index contributed by atoms with van der Waals surface area (Å²) < 4.78 is 39.0. The molecule has 138 valence electrons. The molecule has 1 fully saturated rings. The van der Waals surface area contributed by atoms with E-state index < -0.39 is 10.0 Å². The maximum absolute atomic E-state index is 13.2. The van der Waals surface area contributed by atoms with Gasteiger partial charge in [-0.25, -0.2) is 8.42 Å². The molecule has 0 amide bonds. The Morgan fingerprint density at radius 1 is 1.12 bits per heavy atom. The van der Waals surface area contributed by atoms with Crippen molar-refractivity contribution in [3.05, 3.63) is 59.2 Å². The van der Waals surface area contributed by atoms with Gasteiger partial charge in [0.1, 0.15) is 5.75 Å². The molecule has 1 saturated heterocycles. The van der Waals surface area contributed by atoms with Gasteiger partial charge in [0, 0.05) is 6.54 Å². The predicted octanol–water partition coefficient (Wildman–Crippen LogP) is 3.64. The zero-order chi connectivity index (χ0) is 18.1. The van der Waals surface area contributed by atoms with E-state index in [4.69, 9.17) is 9.47 Å². The summed E-state index contributed by atoms with van der Waals surface area (Å²) >= 11 is 0. The van der Waals surface area contributed by atoms with Crippen molar-refractivity contribution in [3.8, 4) is 5.75 Å². The molecule has 2 aromatic carbocycles. The Hall–Kier alpha value is -1.89.